The molecular weight excluding hydrogens is 472 g/mol. The molecule has 0 bridgehead atoms. The summed E-state index contributed by atoms with van der Waals surface area (Å²) in [5.74, 6) is 0.918. The lowest BCUT2D eigenvalue weighted by atomic mass is 10.1. The monoisotopic (exact) mass is 496 g/mol. The number of furan rings is 1. The number of benzene rings is 2. The molecule has 0 atom stereocenters. The molecule has 1 aliphatic heterocycles. The van der Waals surface area contributed by atoms with Crippen LogP contribution in [0.2, 0.25) is 0 Å². The molecule has 1 saturated heterocycles. The summed E-state index contributed by atoms with van der Waals surface area (Å²) in [5, 5.41) is 26.2. The van der Waals surface area contributed by atoms with Gasteiger partial charge in [-0.25, -0.2) is 0 Å². The largest absolute Gasteiger partial charge is 0.496 e. The van der Waals surface area contributed by atoms with E-state index in [-0.39, 0.29) is 23.0 Å². The third-order valence-corrected chi connectivity index (χ3v) is 5.85. The molecule has 1 fully saturated rings. The van der Waals surface area contributed by atoms with Gasteiger partial charge in [-0.05, 0) is 61.5 Å². The van der Waals surface area contributed by atoms with Crippen molar-refractivity contribution in [3.05, 3.63) is 70.0 Å². The predicted octanol–water partition coefficient (Wildman–Crippen LogP) is 4.08. The maximum Gasteiger partial charge on any atom is 0.270 e. The first kappa shape index (κ1) is 24.2. The summed E-state index contributed by atoms with van der Waals surface area (Å²) in [6.07, 6.45) is 1.99. The van der Waals surface area contributed by atoms with Crippen molar-refractivity contribution in [3.63, 3.8) is 0 Å². The van der Waals surface area contributed by atoms with E-state index < -0.39 is 10.8 Å². The van der Waals surface area contributed by atoms with Gasteiger partial charge in [-0.2, -0.15) is 0 Å². The molecule has 35 heavy (non-hydrogen) atoms. The molecule has 2 aromatic carbocycles. The SMILES string of the molecule is COc1ccc(NC(=S)NC(=O)c2cc([N+](=O)[O-])ccc2N2CCCC2)cc1-c1ccc(CO)o1. The van der Waals surface area contributed by atoms with Crippen LogP contribution >= 0.6 is 12.2 Å². The lowest BCUT2D eigenvalue weighted by molar-refractivity contribution is -0.384. The molecule has 10 nitrogen and oxygen atoms in total. The van der Waals surface area contributed by atoms with Crippen molar-refractivity contribution in [1.82, 2.24) is 5.32 Å². The van der Waals surface area contributed by atoms with Crippen molar-refractivity contribution >= 4 is 40.3 Å². The number of nitrogens with zero attached hydrogens (tertiary/aromatic N) is 2. The van der Waals surface area contributed by atoms with Crippen LogP contribution in [0.3, 0.4) is 0 Å². The predicted molar refractivity (Wildman–Crippen MR) is 135 cm³/mol. The molecule has 0 spiro atoms. The summed E-state index contributed by atoms with van der Waals surface area (Å²) in [5.41, 5.74) is 1.84. The molecule has 2 heterocycles. The Morgan fingerprint density at radius 1 is 1.20 bits per heavy atom. The number of aliphatic hydroxyl groups is 1. The van der Waals surface area contributed by atoms with Gasteiger partial charge in [0.2, 0.25) is 0 Å². The van der Waals surface area contributed by atoms with Crippen LogP contribution in [0.4, 0.5) is 17.1 Å². The second-order valence-electron chi connectivity index (χ2n) is 7.90. The van der Waals surface area contributed by atoms with Crippen LogP contribution in [0.15, 0.2) is 52.9 Å². The molecule has 4 rings (SSSR count). The number of ether oxygens (including phenoxy) is 1. The van der Waals surface area contributed by atoms with Gasteiger partial charge in [-0.3, -0.25) is 20.2 Å². The molecule has 0 radical (unpaired) electrons. The van der Waals surface area contributed by atoms with E-state index in [1.165, 1.54) is 19.2 Å². The van der Waals surface area contributed by atoms with E-state index in [9.17, 15) is 20.0 Å². The maximum atomic E-state index is 13.1. The minimum absolute atomic E-state index is 0.0282. The fraction of sp³-hybridized carbons (Fsp3) is 0.250. The number of rotatable bonds is 7. The molecule has 0 saturated carbocycles. The lowest BCUT2D eigenvalue weighted by Crippen LogP contribution is -2.35. The number of anilines is 2. The van der Waals surface area contributed by atoms with Crippen LogP contribution in [0.25, 0.3) is 11.3 Å². The van der Waals surface area contributed by atoms with Crippen molar-refractivity contribution in [2.24, 2.45) is 0 Å². The third-order valence-electron chi connectivity index (χ3n) is 5.65. The summed E-state index contributed by atoms with van der Waals surface area (Å²) in [7, 11) is 1.53. The molecule has 3 N–H and O–H groups in total. The number of hydrogen-bond acceptors (Lipinski definition) is 8. The van der Waals surface area contributed by atoms with Crippen LogP contribution in [-0.4, -0.2) is 41.2 Å². The van der Waals surface area contributed by atoms with Gasteiger partial charge in [0.05, 0.1) is 28.8 Å². The van der Waals surface area contributed by atoms with Gasteiger partial charge in [0.15, 0.2) is 5.11 Å². The Morgan fingerprint density at radius 2 is 1.97 bits per heavy atom. The van der Waals surface area contributed by atoms with Crippen LogP contribution in [-0.2, 0) is 6.61 Å². The number of amides is 1. The Hall–Kier alpha value is -3.96. The van der Waals surface area contributed by atoms with Crippen LogP contribution in [0.5, 0.6) is 5.75 Å². The summed E-state index contributed by atoms with van der Waals surface area (Å²) >= 11 is 5.34. The van der Waals surface area contributed by atoms with Crippen molar-refractivity contribution in [2.45, 2.75) is 19.4 Å². The highest BCUT2D eigenvalue weighted by Crippen LogP contribution is 2.34. The molecule has 1 aliphatic rings. The lowest BCUT2D eigenvalue weighted by Gasteiger charge is -2.21. The van der Waals surface area contributed by atoms with Crippen LogP contribution in [0, 0.1) is 10.1 Å². The molecule has 3 aromatic rings. The zero-order valence-electron chi connectivity index (χ0n) is 18.9. The van der Waals surface area contributed by atoms with Gasteiger partial charge >= 0.3 is 0 Å². The van der Waals surface area contributed by atoms with Gasteiger partial charge in [0, 0.05) is 30.9 Å². The normalized spacial score (nSPS) is 12.9. The van der Waals surface area contributed by atoms with E-state index in [4.69, 9.17) is 21.4 Å². The van der Waals surface area contributed by atoms with Crippen LogP contribution < -0.4 is 20.3 Å². The Kier molecular flexibility index (Phi) is 7.28. The number of hydrogen-bond donors (Lipinski definition) is 3. The van der Waals surface area contributed by atoms with E-state index in [0.29, 0.717) is 34.2 Å². The van der Waals surface area contributed by atoms with E-state index in [0.717, 1.165) is 25.9 Å². The van der Waals surface area contributed by atoms with Crippen molar-refractivity contribution in [3.8, 4) is 17.1 Å². The van der Waals surface area contributed by atoms with E-state index in [1.54, 1.807) is 36.4 Å². The Balaban J connectivity index is 1.54. The average Bonchev–Trinajstić information content (AvgIpc) is 3.56. The minimum atomic E-state index is -0.541. The number of carbonyl (C=O) groups is 1. The number of nitro groups is 1. The van der Waals surface area contributed by atoms with E-state index in [1.807, 2.05) is 4.90 Å². The highest BCUT2D eigenvalue weighted by molar-refractivity contribution is 7.80. The second kappa shape index (κ2) is 10.5. The second-order valence-corrected chi connectivity index (χ2v) is 8.31. The third kappa shape index (κ3) is 5.42. The first-order valence-corrected chi connectivity index (χ1v) is 11.3. The number of nitro benzene ring substituents is 1. The molecule has 1 amide bonds. The molecule has 0 aliphatic carbocycles. The standard InChI is InChI=1S/C24H24N4O6S/c1-33-21-8-4-15(12-19(21)22-9-6-17(14-29)34-22)25-24(35)26-23(30)18-13-16(28(31)32)5-7-20(18)27-10-2-3-11-27/h4-9,12-13,29H,2-3,10-11,14H2,1H3,(H2,25,26,30,35). The van der Waals surface area contributed by atoms with Crippen molar-refractivity contribution < 1.29 is 24.0 Å². The van der Waals surface area contributed by atoms with Gasteiger partial charge in [-0.15, -0.1) is 0 Å². The first-order chi connectivity index (χ1) is 16.9. The summed E-state index contributed by atoms with van der Waals surface area (Å²) in [6, 6.07) is 12.8. The highest BCUT2D eigenvalue weighted by atomic mass is 32.1. The van der Waals surface area contributed by atoms with Gasteiger partial charge in [0.1, 0.15) is 23.9 Å². The van der Waals surface area contributed by atoms with Gasteiger partial charge in [-0.1, -0.05) is 0 Å². The molecule has 0 unspecified atom stereocenters. The number of nitrogens with one attached hydrogen (secondary N) is 2. The zero-order valence-corrected chi connectivity index (χ0v) is 19.8. The molecule has 1 aromatic heterocycles. The number of carbonyl (C=O) groups excluding carboxylic acids is 1. The highest BCUT2D eigenvalue weighted by Gasteiger charge is 2.23. The number of aliphatic hydroxyl groups excluding tert-OH is 1. The Bertz CT molecular complexity index is 1270. The minimum Gasteiger partial charge on any atom is -0.496 e. The average molecular weight is 497 g/mol. The summed E-state index contributed by atoms with van der Waals surface area (Å²) in [6.45, 7) is 1.33. The maximum absolute atomic E-state index is 13.1. The van der Waals surface area contributed by atoms with E-state index >= 15 is 0 Å². The quantitative estimate of drug-likeness (QED) is 0.252. The van der Waals surface area contributed by atoms with E-state index in [2.05, 4.69) is 10.6 Å². The summed E-state index contributed by atoms with van der Waals surface area (Å²) < 4.78 is 11.0. The number of thiocarbonyl (C=S) groups is 1. The fourth-order valence-electron chi connectivity index (χ4n) is 3.97. The first-order valence-electron chi connectivity index (χ1n) is 10.9. The molecular formula is C24H24N4O6S. The smallest absolute Gasteiger partial charge is 0.270 e. The summed E-state index contributed by atoms with van der Waals surface area (Å²) in [4.78, 5) is 25.9. The Morgan fingerprint density at radius 3 is 2.63 bits per heavy atom. The Labute approximate surface area is 206 Å². The topological polar surface area (TPSA) is 130 Å². The van der Waals surface area contributed by atoms with Crippen molar-refractivity contribution in [1.29, 1.82) is 0 Å². The zero-order chi connectivity index (χ0) is 24.9. The number of methoxy groups -OCH3 is 1. The number of non-ortho nitro benzene ring substituents is 1. The van der Waals surface area contributed by atoms with Crippen molar-refractivity contribution in [2.75, 3.05) is 30.4 Å². The molecule has 11 heteroatoms. The van der Waals surface area contributed by atoms with Gasteiger partial charge in [0.25, 0.3) is 11.6 Å². The van der Waals surface area contributed by atoms with Crippen LogP contribution in [0.1, 0.15) is 29.0 Å². The molecule has 182 valence electrons. The fourth-order valence-corrected chi connectivity index (χ4v) is 4.18. The van der Waals surface area contributed by atoms with Gasteiger partial charge < -0.3 is 24.5 Å².